The summed E-state index contributed by atoms with van der Waals surface area (Å²) in [6.07, 6.45) is 0.591. The molecule has 0 fully saturated rings. The number of hydrogen-bond donors (Lipinski definition) is 0. The molecule has 136 valence electrons. The monoisotopic (exact) mass is 418 g/mol. The summed E-state index contributed by atoms with van der Waals surface area (Å²) in [5.41, 5.74) is 1.74. The number of halogens is 2. The van der Waals surface area contributed by atoms with E-state index in [1.54, 1.807) is 18.2 Å². The van der Waals surface area contributed by atoms with Gasteiger partial charge in [-0.15, -0.1) is 20.4 Å². The van der Waals surface area contributed by atoms with Crippen LogP contribution in [-0.4, -0.2) is 20.4 Å². The van der Waals surface area contributed by atoms with Crippen molar-refractivity contribution in [2.24, 2.45) is 0 Å². The lowest BCUT2D eigenvalue weighted by atomic mass is 10.2. The van der Waals surface area contributed by atoms with E-state index < -0.39 is 0 Å². The van der Waals surface area contributed by atoms with Crippen LogP contribution in [0.2, 0.25) is 10.0 Å². The second-order valence-electron chi connectivity index (χ2n) is 5.54. The third-order valence-corrected chi connectivity index (χ3v) is 4.95. The van der Waals surface area contributed by atoms with E-state index in [4.69, 9.17) is 32.0 Å². The molecule has 2 heterocycles. The maximum atomic E-state index is 6.16. The van der Waals surface area contributed by atoms with Gasteiger partial charge in [0.25, 0.3) is 5.22 Å². The summed E-state index contributed by atoms with van der Waals surface area (Å²) in [5.74, 6) is 1.74. The molecule has 0 spiro atoms. The minimum Gasteiger partial charge on any atom is -0.420 e. The van der Waals surface area contributed by atoms with Crippen LogP contribution in [0.3, 0.4) is 0 Å². The van der Waals surface area contributed by atoms with E-state index in [9.17, 15) is 0 Å². The lowest BCUT2D eigenvalue weighted by Gasteiger charge is -1.98. The lowest BCUT2D eigenvalue weighted by Crippen LogP contribution is -1.87. The van der Waals surface area contributed by atoms with Gasteiger partial charge in [0.05, 0.1) is 22.8 Å². The zero-order chi connectivity index (χ0) is 18.6. The Bertz CT molecular complexity index is 1050. The summed E-state index contributed by atoms with van der Waals surface area (Å²) in [6, 6.07) is 15.0. The van der Waals surface area contributed by atoms with Crippen molar-refractivity contribution in [3.63, 3.8) is 0 Å². The predicted octanol–water partition coefficient (Wildman–Crippen LogP) is 5.31. The van der Waals surface area contributed by atoms with Crippen LogP contribution in [0.15, 0.2) is 62.6 Å². The van der Waals surface area contributed by atoms with Crippen LogP contribution in [0.25, 0.3) is 11.5 Å². The van der Waals surface area contributed by atoms with E-state index in [-0.39, 0.29) is 0 Å². The van der Waals surface area contributed by atoms with Gasteiger partial charge in [0.1, 0.15) is 0 Å². The zero-order valence-corrected chi connectivity index (χ0v) is 16.1. The highest BCUT2D eigenvalue weighted by Gasteiger charge is 2.14. The number of hydrogen-bond acceptors (Lipinski definition) is 7. The Morgan fingerprint density at radius 3 is 2.48 bits per heavy atom. The van der Waals surface area contributed by atoms with Crippen LogP contribution >= 0.6 is 35.0 Å². The molecule has 4 rings (SSSR count). The Kier molecular flexibility index (Phi) is 5.42. The average molecular weight is 419 g/mol. The lowest BCUT2D eigenvalue weighted by molar-refractivity contribution is 0.419. The fraction of sp³-hybridized carbons (Fsp3) is 0.111. The van der Waals surface area contributed by atoms with Crippen LogP contribution in [0, 0.1) is 0 Å². The third-order valence-electron chi connectivity index (χ3n) is 3.59. The molecule has 0 N–H and O–H groups in total. The summed E-state index contributed by atoms with van der Waals surface area (Å²) < 4.78 is 11.3. The SMILES string of the molecule is Clc1ccc(-c2nnc(CSc3nnc(Cc4ccccc4)o3)o2)c(Cl)c1. The summed E-state index contributed by atoms with van der Waals surface area (Å²) in [5, 5.41) is 17.6. The Morgan fingerprint density at radius 2 is 1.67 bits per heavy atom. The molecule has 0 amide bonds. The van der Waals surface area contributed by atoms with Crippen LogP contribution in [0.5, 0.6) is 0 Å². The van der Waals surface area contributed by atoms with Gasteiger partial charge in [-0.3, -0.25) is 0 Å². The van der Waals surface area contributed by atoms with Crippen molar-refractivity contribution in [3.8, 4) is 11.5 Å². The molecule has 2 aromatic carbocycles. The van der Waals surface area contributed by atoms with Crippen LogP contribution in [0.4, 0.5) is 0 Å². The maximum Gasteiger partial charge on any atom is 0.277 e. The number of nitrogens with zero attached hydrogens (tertiary/aromatic N) is 4. The molecular weight excluding hydrogens is 407 g/mol. The quantitative estimate of drug-likeness (QED) is 0.392. The first-order chi connectivity index (χ1) is 13.2. The Balaban J connectivity index is 1.39. The Hall–Kier alpha value is -2.35. The van der Waals surface area contributed by atoms with Crippen molar-refractivity contribution in [1.82, 2.24) is 20.4 Å². The second kappa shape index (κ2) is 8.12. The molecule has 0 bridgehead atoms. The van der Waals surface area contributed by atoms with Gasteiger partial charge in [0.2, 0.25) is 17.7 Å². The molecule has 0 atom stereocenters. The van der Waals surface area contributed by atoms with Crippen molar-refractivity contribution >= 4 is 35.0 Å². The molecule has 2 aromatic heterocycles. The zero-order valence-electron chi connectivity index (χ0n) is 13.8. The molecule has 9 heteroatoms. The molecule has 4 aromatic rings. The highest BCUT2D eigenvalue weighted by atomic mass is 35.5. The first-order valence-electron chi connectivity index (χ1n) is 7.94. The Labute approximate surface area is 168 Å². The minimum absolute atomic E-state index is 0.336. The largest absolute Gasteiger partial charge is 0.420 e. The van der Waals surface area contributed by atoms with Crippen molar-refractivity contribution in [2.75, 3.05) is 0 Å². The van der Waals surface area contributed by atoms with Gasteiger partial charge >= 0.3 is 0 Å². The van der Waals surface area contributed by atoms with Gasteiger partial charge in [-0.25, -0.2) is 0 Å². The highest BCUT2D eigenvalue weighted by Crippen LogP contribution is 2.30. The Morgan fingerprint density at radius 1 is 0.852 bits per heavy atom. The summed E-state index contributed by atoms with van der Waals surface area (Å²) in [7, 11) is 0. The maximum absolute atomic E-state index is 6.16. The number of aromatic nitrogens is 4. The van der Waals surface area contributed by atoms with Gasteiger partial charge in [0.15, 0.2) is 0 Å². The molecule has 0 aliphatic carbocycles. The van der Waals surface area contributed by atoms with E-state index in [0.717, 1.165) is 5.56 Å². The molecular formula is C18H12Cl2N4O2S. The number of rotatable bonds is 6. The highest BCUT2D eigenvalue weighted by molar-refractivity contribution is 7.98. The normalized spacial score (nSPS) is 11.0. The van der Waals surface area contributed by atoms with Gasteiger partial charge in [0, 0.05) is 5.02 Å². The van der Waals surface area contributed by atoms with E-state index in [1.165, 1.54) is 11.8 Å². The summed E-state index contributed by atoms with van der Waals surface area (Å²) in [4.78, 5) is 0. The minimum atomic E-state index is 0.336. The van der Waals surface area contributed by atoms with E-state index >= 15 is 0 Å². The predicted molar refractivity (Wildman–Crippen MR) is 103 cm³/mol. The smallest absolute Gasteiger partial charge is 0.277 e. The fourth-order valence-corrected chi connectivity index (χ4v) is 3.45. The number of thioether (sulfide) groups is 1. The number of benzene rings is 2. The fourth-order valence-electron chi connectivity index (χ4n) is 2.35. The molecule has 0 saturated carbocycles. The van der Waals surface area contributed by atoms with Gasteiger partial charge in [-0.1, -0.05) is 65.3 Å². The van der Waals surface area contributed by atoms with E-state index in [2.05, 4.69) is 20.4 Å². The molecule has 0 saturated heterocycles. The van der Waals surface area contributed by atoms with E-state index in [1.807, 2.05) is 30.3 Å². The first kappa shape index (κ1) is 18.0. The summed E-state index contributed by atoms with van der Waals surface area (Å²) >= 11 is 13.4. The van der Waals surface area contributed by atoms with Crippen molar-refractivity contribution < 1.29 is 8.83 Å². The van der Waals surface area contributed by atoms with Crippen LogP contribution in [-0.2, 0) is 12.2 Å². The molecule has 0 radical (unpaired) electrons. The van der Waals surface area contributed by atoms with E-state index in [0.29, 0.717) is 50.7 Å². The second-order valence-corrected chi connectivity index (χ2v) is 7.31. The standard InChI is InChI=1S/C18H12Cl2N4O2S/c19-12-6-7-13(14(20)9-12)17-23-22-16(25-17)10-27-18-24-21-15(26-18)8-11-4-2-1-3-5-11/h1-7,9H,8,10H2. The van der Waals surface area contributed by atoms with Crippen LogP contribution in [0.1, 0.15) is 17.3 Å². The molecule has 27 heavy (non-hydrogen) atoms. The average Bonchev–Trinajstić information content (AvgIpc) is 3.30. The van der Waals surface area contributed by atoms with Crippen molar-refractivity contribution in [2.45, 2.75) is 17.4 Å². The first-order valence-corrected chi connectivity index (χ1v) is 9.68. The molecule has 0 aliphatic heterocycles. The van der Waals surface area contributed by atoms with Gasteiger partial charge in [-0.05, 0) is 23.8 Å². The van der Waals surface area contributed by atoms with Crippen LogP contribution < -0.4 is 0 Å². The molecule has 0 unspecified atom stereocenters. The molecule has 0 aliphatic rings. The molecule has 6 nitrogen and oxygen atoms in total. The third kappa shape index (κ3) is 4.50. The topological polar surface area (TPSA) is 77.8 Å². The van der Waals surface area contributed by atoms with Gasteiger partial charge in [-0.2, -0.15) is 0 Å². The van der Waals surface area contributed by atoms with Crippen molar-refractivity contribution in [1.29, 1.82) is 0 Å². The van der Waals surface area contributed by atoms with Crippen molar-refractivity contribution in [3.05, 3.63) is 75.9 Å². The van der Waals surface area contributed by atoms with Gasteiger partial charge < -0.3 is 8.83 Å². The summed E-state index contributed by atoms with van der Waals surface area (Å²) in [6.45, 7) is 0.